The predicted octanol–water partition coefficient (Wildman–Crippen LogP) is 5.05. The Bertz CT molecular complexity index is 977. The molecule has 1 heterocycles. The Labute approximate surface area is 177 Å². The van der Waals surface area contributed by atoms with E-state index in [2.05, 4.69) is 16.8 Å². The number of aromatic nitrogens is 3. The van der Waals surface area contributed by atoms with Gasteiger partial charge < -0.3 is 9.84 Å². The number of phenolic OH excluding ortho intramolecular Hbond substituents is 1. The molecule has 158 valence electrons. The third-order valence-electron chi connectivity index (χ3n) is 5.11. The first-order valence-electron chi connectivity index (χ1n) is 10.5. The Morgan fingerprint density at radius 2 is 1.70 bits per heavy atom. The molecule has 0 radical (unpaired) electrons. The molecule has 0 spiro atoms. The lowest BCUT2D eigenvalue weighted by atomic mass is 10.0. The van der Waals surface area contributed by atoms with Gasteiger partial charge in [-0.25, -0.2) is 4.79 Å². The lowest BCUT2D eigenvalue weighted by Gasteiger charge is -2.10. The van der Waals surface area contributed by atoms with Crippen molar-refractivity contribution in [3.05, 3.63) is 60.2 Å². The van der Waals surface area contributed by atoms with Crippen molar-refractivity contribution in [1.29, 1.82) is 0 Å². The van der Waals surface area contributed by atoms with Crippen LogP contribution in [0.3, 0.4) is 0 Å². The zero-order chi connectivity index (χ0) is 21.3. The Morgan fingerprint density at radius 3 is 2.37 bits per heavy atom. The zero-order valence-corrected chi connectivity index (χ0v) is 17.5. The van der Waals surface area contributed by atoms with E-state index in [4.69, 9.17) is 4.74 Å². The summed E-state index contributed by atoms with van der Waals surface area (Å²) in [6.45, 7) is 5.76. The molecule has 0 amide bonds. The van der Waals surface area contributed by atoms with Gasteiger partial charge in [0.15, 0.2) is 0 Å². The molecule has 6 heteroatoms. The summed E-state index contributed by atoms with van der Waals surface area (Å²) in [6.07, 6.45) is 8.62. The van der Waals surface area contributed by atoms with E-state index >= 15 is 0 Å². The first-order chi connectivity index (χ1) is 14.6. The standard InChI is InChI=1S/C24H29N3O3/c1-3-23(28)30-15-11-7-5-4-6-8-12-19-16-18(2)24(29)22(17-19)27-25-20-13-9-10-14-21(20)26-27/h3,9-10,13-14,16-17,29H,1,4-8,11-12,15H2,2H3. The monoisotopic (exact) mass is 407 g/mol. The number of ether oxygens (including phenoxy) is 1. The van der Waals surface area contributed by atoms with Crippen molar-refractivity contribution in [2.75, 3.05) is 6.61 Å². The molecule has 0 aliphatic heterocycles. The highest BCUT2D eigenvalue weighted by Crippen LogP contribution is 2.28. The molecule has 3 rings (SSSR count). The Morgan fingerprint density at radius 1 is 1.07 bits per heavy atom. The molecular weight excluding hydrogens is 378 g/mol. The normalized spacial score (nSPS) is 11.0. The number of fused-ring (bicyclic) bond motifs is 1. The molecule has 0 fully saturated rings. The first-order valence-corrected chi connectivity index (χ1v) is 10.5. The maximum absolute atomic E-state index is 11.0. The van der Waals surface area contributed by atoms with Gasteiger partial charge in [0.05, 0.1) is 6.61 Å². The number of esters is 1. The highest BCUT2D eigenvalue weighted by Gasteiger charge is 2.12. The van der Waals surface area contributed by atoms with Gasteiger partial charge in [0.25, 0.3) is 0 Å². The van der Waals surface area contributed by atoms with Gasteiger partial charge in [-0.3, -0.25) is 0 Å². The molecule has 0 unspecified atom stereocenters. The van der Waals surface area contributed by atoms with Crippen LogP contribution in [0.25, 0.3) is 16.7 Å². The Kier molecular flexibility index (Phi) is 7.60. The van der Waals surface area contributed by atoms with Crippen molar-refractivity contribution < 1.29 is 14.6 Å². The van der Waals surface area contributed by atoms with Gasteiger partial charge in [-0.2, -0.15) is 0 Å². The number of aromatic hydroxyl groups is 1. The quantitative estimate of drug-likeness (QED) is 0.273. The number of phenols is 1. The molecule has 0 saturated heterocycles. The van der Waals surface area contributed by atoms with E-state index < -0.39 is 0 Å². The van der Waals surface area contributed by atoms with Gasteiger partial charge in [-0.15, -0.1) is 15.0 Å². The molecule has 3 aromatic rings. The largest absolute Gasteiger partial charge is 0.505 e. The summed E-state index contributed by atoms with van der Waals surface area (Å²) >= 11 is 0. The predicted molar refractivity (Wildman–Crippen MR) is 118 cm³/mol. The summed E-state index contributed by atoms with van der Waals surface area (Å²) in [5.74, 6) is -0.131. The van der Waals surface area contributed by atoms with Crippen molar-refractivity contribution in [1.82, 2.24) is 15.0 Å². The van der Waals surface area contributed by atoms with Gasteiger partial charge in [0.1, 0.15) is 22.5 Å². The van der Waals surface area contributed by atoms with Crippen LogP contribution in [0.1, 0.15) is 49.7 Å². The topological polar surface area (TPSA) is 77.2 Å². The molecule has 6 nitrogen and oxygen atoms in total. The number of carbonyl (C=O) groups is 1. The smallest absolute Gasteiger partial charge is 0.330 e. The van der Waals surface area contributed by atoms with Crippen LogP contribution < -0.4 is 0 Å². The molecule has 1 aromatic heterocycles. The van der Waals surface area contributed by atoms with Crippen LogP contribution in [0.4, 0.5) is 0 Å². The number of nitrogens with zero attached hydrogens (tertiary/aromatic N) is 3. The minimum Gasteiger partial charge on any atom is -0.505 e. The van der Waals surface area contributed by atoms with Crippen LogP contribution in [0.5, 0.6) is 5.75 Å². The van der Waals surface area contributed by atoms with Crippen LogP contribution in [0.15, 0.2) is 49.1 Å². The molecule has 30 heavy (non-hydrogen) atoms. The van der Waals surface area contributed by atoms with Gasteiger partial charge in [-0.05, 0) is 55.5 Å². The van der Waals surface area contributed by atoms with E-state index in [0.29, 0.717) is 12.3 Å². The van der Waals surface area contributed by atoms with Crippen LogP contribution in [0.2, 0.25) is 0 Å². The van der Waals surface area contributed by atoms with E-state index in [1.165, 1.54) is 16.4 Å². The molecule has 0 aliphatic carbocycles. The summed E-state index contributed by atoms with van der Waals surface area (Å²) in [5.41, 5.74) is 4.24. The summed E-state index contributed by atoms with van der Waals surface area (Å²) in [6, 6.07) is 11.7. The minimum absolute atomic E-state index is 0.219. The van der Waals surface area contributed by atoms with Crippen molar-refractivity contribution in [3.63, 3.8) is 0 Å². The Balaban J connectivity index is 1.49. The second-order valence-corrected chi connectivity index (χ2v) is 7.50. The molecule has 1 N–H and O–H groups in total. The SMILES string of the molecule is C=CC(=O)OCCCCCCCCc1cc(C)c(O)c(-n2nc3ccccc3n2)c1. The van der Waals surface area contributed by atoms with Crippen molar-refractivity contribution >= 4 is 17.0 Å². The number of aryl methyl sites for hydroxylation is 2. The van der Waals surface area contributed by atoms with Crippen LogP contribution >= 0.6 is 0 Å². The van der Waals surface area contributed by atoms with Gasteiger partial charge >= 0.3 is 5.97 Å². The van der Waals surface area contributed by atoms with E-state index in [1.807, 2.05) is 43.3 Å². The van der Waals surface area contributed by atoms with E-state index in [0.717, 1.165) is 61.5 Å². The average molecular weight is 408 g/mol. The highest BCUT2D eigenvalue weighted by atomic mass is 16.5. The zero-order valence-electron chi connectivity index (χ0n) is 17.5. The fraction of sp³-hybridized carbons (Fsp3) is 0.375. The number of hydrogen-bond acceptors (Lipinski definition) is 5. The molecule has 0 atom stereocenters. The Hall–Kier alpha value is -3.15. The molecule has 0 aliphatic rings. The lowest BCUT2D eigenvalue weighted by molar-refractivity contribution is -0.137. The maximum Gasteiger partial charge on any atom is 0.330 e. The van der Waals surface area contributed by atoms with Gasteiger partial charge in [0.2, 0.25) is 0 Å². The van der Waals surface area contributed by atoms with E-state index in [1.54, 1.807) is 0 Å². The van der Waals surface area contributed by atoms with E-state index in [9.17, 15) is 9.90 Å². The average Bonchev–Trinajstić information content (AvgIpc) is 3.18. The number of carbonyl (C=O) groups excluding carboxylic acids is 1. The lowest BCUT2D eigenvalue weighted by Crippen LogP contribution is -2.02. The second kappa shape index (κ2) is 10.6. The highest BCUT2D eigenvalue weighted by molar-refractivity contribution is 5.81. The van der Waals surface area contributed by atoms with Crippen LogP contribution in [0, 0.1) is 6.92 Å². The number of unbranched alkanes of at least 4 members (excludes halogenated alkanes) is 5. The third-order valence-corrected chi connectivity index (χ3v) is 5.11. The summed E-state index contributed by atoms with van der Waals surface area (Å²) in [4.78, 5) is 12.5. The molecular formula is C24H29N3O3. The fourth-order valence-corrected chi connectivity index (χ4v) is 3.47. The first kappa shape index (κ1) is 21.6. The van der Waals surface area contributed by atoms with Crippen molar-refractivity contribution in [2.45, 2.75) is 51.9 Å². The van der Waals surface area contributed by atoms with Crippen LogP contribution in [-0.2, 0) is 16.0 Å². The fourth-order valence-electron chi connectivity index (χ4n) is 3.47. The summed E-state index contributed by atoms with van der Waals surface area (Å²) in [7, 11) is 0. The summed E-state index contributed by atoms with van der Waals surface area (Å²) in [5, 5.41) is 19.5. The number of hydrogen-bond donors (Lipinski definition) is 1. The minimum atomic E-state index is -0.350. The molecule has 0 saturated carbocycles. The van der Waals surface area contributed by atoms with Gasteiger partial charge in [0, 0.05) is 6.08 Å². The van der Waals surface area contributed by atoms with Gasteiger partial charge in [-0.1, -0.05) is 50.5 Å². The summed E-state index contributed by atoms with van der Waals surface area (Å²) < 4.78 is 4.97. The number of benzene rings is 2. The molecule has 2 aromatic carbocycles. The third kappa shape index (κ3) is 5.69. The number of rotatable bonds is 11. The second-order valence-electron chi connectivity index (χ2n) is 7.50. The molecule has 0 bridgehead atoms. The van der Waals surface area contributed by atoms with Crippen molar-refractivity contribution in [3.8, 4) is 11.4 Å². The van der Waals surface area contributed by atoms with Crippen LogP contribution in [-0.4, -0.2) is 32.7 Å². The maximum atomic E-state index is 11.0. The van der Waals surface area contributed by atoms with E-state index in [-0.39, 0.29) is 11.7 Å². The van der Waals surface area contributed by atoms with Crippen molar-refractivity contribution in [2.24, 2.45) is 0 Å².